The zero-order valence-electron chi connectivity index (χ0n) is 5.89. The quantitative estimate of drug-likeness (QED) is 0.647. The molecule has 0 unspecified atom stereocenters. The first-order valence-electron chi connectivity index (χ1n) is 3.10. The Kier molecular flexibility index (Phi) is 5.92. The van der Waals surface area contributed by atoms with Crippen molar-refractivity contribution in [3.05, 3.63) is 0 Å². The second-order valence-corrected chi connectivity index (χ2v) is 4.97. The van der Waals surface area contributed by atoms with Gasteiger partial charge < -0.3 is 0 Å². The SMILES string of the molecule is CCCCN(C)C([Se])=[Se]. The van der Waals surface area contributed by atoms with Crippen molar-refractivity contribution in [2.24, 2.45) is 0 Å². The van der Waals surface area contributed by atoms with E-state index in [1.807, 2.05) is 0 Å². The third-order valence-electron chi connectivity index (χ3n) is 1.16. The van der Waals surface area contributed by atoms with Crippen LogP contribution in [0.2, 0.25) is 0 Å². The van der Waals surface area contributed by atoms with Crippen molar-refractivity contribution in [2.45, 2.75) is 19.8 Å². The molecule has 0 saturated carbocycles. The second kappa shape index (κ2) is 5.49. The predicted octanol–water partition coefficient (Wildman–Crippen LogP) is 0.143. The topological polar surface area (TPSA) is 3.24 Å². The maximum absolute atomic E-state index is 2.94. The van der Waals surface area contributed by atoms with Gasteiger partial charge in [0.05, 0.1) is 0 Å². The number of rotatable bonds is 4. The van der Waals surface area contributed by atoms with E-state index in [1.165, 1.54) is 12.8 Å². The van der Waals surface area contributed by atoms with Gasteiger partial charge in [-0.1, -0.05) is 0 Å². The molecule has 0 amide bonds. The molecular formula is C6H12NSe2. The van der Waals surface area contributed by atoms with Crippen molar-refractivity contribution >= 4 is 35.0 Å². The molecule has 0 bridgehead atoms. The molecule has 9 heavy (non-hydrogen) atoms. The third kappa shape index (κ3) is 5.17. The van der Waals surface area contributed by atoms with Crippen LogP contribution in [0.15, 0.2) is 0 Å². The molecule has 1 nitrogen and oxygen atoms in total. The molecule has 0 spiro atoms. The normalized spacial score (nSPS) is 9.11. The van der Waals surface area contributed by atoms with Gasteiger partial charge in [0, 0.05) is 0 Å². The molecule has 0 saturated heterocycles. The number of hydrogen-bond acceptors (Lipinski definition) is 1. The van der Waals surface area contributed by atoms with Gasteiger partial charge in [-0.15, -0.1) is 0 Å². The van der Waals surface area contributed by atoms with Crippen molar-refractivity contribution in [1.29, 1.82) is 0 Å². The fraction of sp³-hybridized carbons (Fsp3) is 0.833. The average Bonchev–Trinajstić information content (AvgIpc) is 1.82. The molecule has 0 fully saturated rings. The van der Waals surface area contributed by atoms with E-state index in [0.29, 0.717) is 0 Å². The van der Waals surface area contributed by atoms with Gasteiger partial charge >= 0.3 is 73.3 Å². The Hall–Kier alpha value is 0.709. The summed E-state index contributed by atoms with van der Waals surface area (Å²) < 4.78 is 1.16. The summed E-state index contributed by atoms with van der Waals surface area (Å²) in [5.74, 6) is 0. The Balaban J connectivity index is 3.27. The van der Waals surface area contributed by atoms with E-state index < -0.39 is 0 Å². The van der Waals surface area contributed by atoms with Crippen LogP contribution < -0.4 is 0 Å². The summed E-state index contributed by atoms with van der Waals surface area (Å²) in [6.45, 7) is 3.35. The first kappa shape index (κ1) is 9.71. The monoisotopic (exact) mass is 258 g/mol. The van der Waals surface area contributed by atoms with Gasteiger partial charge in [-0.05, 0) is 0 Å². The van der Waals surface area contributed by atoms with Crippen molar-refractivity contribution < 1.29 is 0 Å². The van der Waals surface area contributed by atoms with Crippen LogP contribution in [-0.2, 0) is 0 Å². The van der Waals surface area contributed by atoms with E-state index in [-0.39, 0.29) is 0 Å². The predicted molar refractivity (Wildman–Crippen MR) is 44.1 cm³/mol. The number of unbranched alkanes of at least 4 members (excludes halogenated alkanes) is 1. The first-order chi connectivity index (χ1) is 4.18. The minimum absolute atomic E-state index is 1.14. The Morgan fingerprint density at radius 1 is 1.56 bits per heavy atom. The van der Waals surface area contributed by atoms with Crippen LogP contribution in [0, 0.1) is 0 Å². The molecule has 0 atom stereocenters. The van der Waals surface area contributed by atoms with E-state index in [4.69, 9.17) is 0 Å². The van der Waals surface area contributed by atoms with Crippen LogP contribution in [0.3, 0.4) is 0 Å². The van der Waals surface area contributed by atoms with Crippen molar-refractivity contribution in [1.82, 2.24) is 4.90 Å². The van der Waals surface area contributed by atoms with Gasteiger partial charge in [0.1, 0.15) is 0 Å². The molecule has 0 aromatic rings. The van der Waals surface area contributed by atoms with Gasteiger partial charge in [-0.2, -0.15) is 0 Å². The molecule has 0 aliphatic rings. The number of nitrogens with zero attached hydrogens (tertiary/aromatic N) is 1. The zero-order chi connectivity index (χ0) is 7.28. The van der Waals surface area contributed by atoms with Gasteiger partial charge in [0.15, 0.2) is 0 Å². The minimum atomic E-state index is 1.14. The van der Waals surface area contributed by atoms with Gasteiger partial charge in [-0.25, -0.2) is 0 Å². The van der Waals surface area contributed by atoms with Crippen LogP contribution in [0.5, 0.6) is 0 Å². The van der Waals surface area contributed by atoms with Gasteiger partial charge in [0.2, 0.25) is 0 Å². The van der Waals surface area contributed by atoms with Crippen LogP contribution in [0.1, 0.15) is 19.8 Å². The van der Waals surface area contributed by atoms with Crippen molar-refractivity contribution in [3.63, 3.8) is 0 Å². The molecule has 53 valence electrons. The summed E-state index contributed by atoms with van der Waals surface area (Å²) >= 11 is 5.87. The van der Waals surface area contributed by atoms with E-state index >= 15 is 0 Å². The fourth-order valence-corrected chi connectivity index (χ4v) is 0.870. The maximum atomic E-state index is 2.94. The third-order valence-corrected chi connectivity index (χ3v) is 2.47. The molecule has 0 N–H and O–H groups in total. The van der Waals surface area contributed by atoms with E-state index in [2.05, 4.69) is 50.5 Å². The zero-order valence-corrected chi connectivity index (χ0v) is 9.31. The molecule has 0 heterocycles. The van der Waals surface area contributed by atoms with Crippen LogP contribution in [0.4, 0.5) is 0 Å². The van der Waals surface area contributed by atoms with Gasteiger partial charge in [0.25, 0.3) is 0 Å². The molecule has 1 radical (unpaired) electrons. The Bertz CT molecular complexity index is 93.1. The first-order valence-corrected chi connectivity index (χ1v) is 4.82. The number of hydrogen-bond donors (Lipinski definition) is 0. The summed E-state index contributed by atoms with van der Waals surface area (Å²) in [7, 11) is 2.08. The van der Waals surface area contributed by atoms with Crippen LogP contribution in [0.25, 0.3) is 0 Å². The summed E-state index contributed by atoms with van der Waals surface area (Å²) in [5, 5.41) is 0. The summed E-state index contributed by atoms with van der Waals surface area (Å²) in [5.41, 5.74) is 0. The van der Waals surface area contributed by atoms with Crippen molar-refractivity contribution in [2.75, 3.05) is 13.6 Å². The van der Waals surface area contributed by atoms with Crippen LogP contribution in [-0.4, -0.2) is 53.5 Å². The van der Waals surface area contributed by atoms with E-state index in [0.717, 1.165) is 9.98 Å². The van der Waals surface area contributed by atoms with Crippen LogP contribution >= 0.6 is 0 Å². The fourth-order valence-electron chi connectivity index (χ4n) is 0.487. The molecule has 0 aliphatic carbocycles. The molecule has 0 aliphatic heterocycles. The summed E-state index contributed by atoms with van der Waals surface area (Å²) in [6, 6.07) is 0. The standard InChI is InChI=1S/C6H12NSe2/c1-3-4-5-7(2)6(8)9/h3-5H2,1-2H3. The molecule has 0 rings (SSSR count). The summed E-state index contributed by atoms with van der Waals surface area (Å²) in [6.07, 6.45) is 2.53. The molecular weight excluding hydrogens is 244 g/mol. The average molecular weight is 256 g/mol. The van der Waals surface area contributed by atoms with Gasteiger partial charge in [-0.3, -0.25) is 0 Å². The van der Waals surface area contributed by atoms with E-state index in [9.17, 15) is 0 Å². The molecule has 0 aromatic heterocycles. The van der Waals surface area contributed by atoms with Crippen molar-refractivity contribution in [3.8, 4) is 0 Å². The molecule has 0 aromatic carbocycles. The Morgan fingerprint density at radius 3 is 2.44 bits per heavy atom. The Labute approximate surface area is 73.4 Å². The summed E-state index contributed by atoms with van der Waals surface area (Å²) in [4.78, 5) is 2.18. The Morgan fingerprint density at radius 2 is 2.11 bits per heavy atom. The van der Waals surface area contributed by atoms with E-state index in [1.54, 1.807) is 0 Å². The second-order valence-electron chi connectivity index (χ2n) is 2.04. The molecule has 3 heteroatoms.